The number of carboxylic acids is 1. The number of halogens is 2. The smallest absolute Gasteiger partial charge is 0.305 e. The van der Waals surface area contributed by atoms with Crippen LogP contribution < -0.4 is 5.32 Å². The Morgan fingerprint density at radius 3 is 2.72 bits per heavy atom. The van der Waals surface area contributed by atoms with Crippen LogP contribution >= 0.6 is 11.6 Å². The molecule has 0 radical (unpaired) electrons. The summed E-state index contributed by atoms with van der Waals surface area (Å²) in [5.41, 5.74) is 0.291. The SMILES string of the molecule is Cc1c(C(=O)NC2(CC(=O)O)CCC2)nnn1-c1ccc(F)c(Cl)c1. The average molecular weight is 367 g/mol. The Bertz CT molecular complexity index is 848. The third-order valence-electron chi connectivity index (χ3n) is 4.44. The topological polar surface area (TPSA) is 97.1 Å². The van der Waals surface area contributed by atoms with Crippen molar-refractivity contribution in [2.45, 2.75) is 38.1 Å². The van der Waals surface area contributed by atoms with Crippen molar-refractivity contribution in [3.05, 3.63) is 40.4 Å². The van der Waals surface area contributed by atoms with E-state index < -0.39 is 23.2 Å². The Labute approximate surface area is 147 Å². The van der Waals surface area contributed by atoms with Crippen molar-refractivity contribution in [1.29, 1.82) is 0 Å². The van der Waals surface area contributed by atoms with Gasteiger partial charge in [-0.05, 0) is 44.4 Å². The van der Waals surface area contributed by atoms with E-state index in [2.05, 4.69) is 15.6 Å². The molecule has 0 unspecified atom stereocenters. The summed E-state index contributed by atoms with van der Waals surface area (Å²) in [6.45, 7) is 1.65. The van der Waals surface area contributed by atoms with Crippen LogP contribution in [0.25, 0.3) is 5.69 Å². The summed E-state index contributed by atoms with van der Waals surface area (Å²) in [5, 5.41) is 19.6. The summed E-state index contributed by atoms with van der Waals surface area (Å²) in [7, 11) is 0. The maximum atomic E-state index is 13.3. The molecule has 1 aliphatic carbocycles. The van der Waals surface area contributed by atoms with Crippen LogP contribution in [0.2, 0.25) is 5.02 Å². The monoisotopic (exact) mass is 366 g/mol. The number of nitrogens with one attached hydrogen (secondary N) is 1. The molecule has 1 saturated carbocycles. The second-order valence-electron chi connectivity index (χ2n) is 6.19. The van der Waals surface area contributed by atoms with Crippen LogP contribution in [0, 0.1) is 12.7 Å². The van der Waals surface area contributed by atoms with Gasteiger partial charge in [0, 0.05) is 0 Å². The minimum absolute atomic E-state index is 0.0618. The molecule has 0 bridgehead atoms. The molecule has 1 heterocycles. The maximum absolute atomic E-state index is 13.3. The van der Waals surface area contributed by atoms with Crippen LogP contribution in [0.4, 0.5) is 4.39 Å². The molecule has 0 aliphatic heterocycles. The number of carbonyl (C=O) groups is 2. The minimum atomic E-state index is -0.957. The molecule has 3 rings (SSSR count). The van der Waals surface area contributed by atoms with E-state index in [4.69, 9.17) is 16.7 Å². The van der Waals surface area contributed by atoms with Gasteiger partial charge in [0.15, 0.2) is 5.69 Å². The summed E-state index contributed by atoms with van der Waals surface area (Å²) >= 11 is 5.78. The summed E-state index contributed by atoms with van der Waals surface area (Å²) in [6, 6.07) is 4.06. The molecule has 132 valence electrons. The highest BCUT2D eigenvalue weighted by molar-refractivity contribution is 6.30. The van der Waals surface area contributed by atoms with E-state index in [1.165, 1.54) is 22.9 Å². The Hall–Kier alpha value is -2.48. The van der Waals surface area contributed by atoms with Gasteiger partial charge in [0.05, 0.1) is 28.4 Å². The second kappa shape index (κ2) is 6.44. The molecule has 2 aromatic rings. The van der Waals surface area contributed by atoms with Crippen LogP contribution in [0.3, 0.4) is 0 Å². The number of aliphatic carboxylic acids is 1. The van der Waals surface area contributed by atoms with E-state index in [9.17, 15) is 14.0 Å². The predicted octanol–water partition coefficient (Wildman–Crippen LogP) is 2.50. The fraction of sp³-hybridized carbons (Fsp3) is 0.375. The summed E-state index contributed by atoms with van der Waals surface area (Å²) in [4.78, 5) is 23.5. The van der Waals surface area contributed by atoms with E-state index in [-0.39, 0.29) is 17.1 Å². The number of carboxylic acid groups (broad SMARTS) is 1. The molecule has 1 aliphatic rings. The van der Waals surface area contributed by atoms with Gasteiger partial charge >= 0.3 is 5.97 Å². The molecule has 0 atom stereocenters. The molecule has 25 heavy (non-hydrogen) atoms. The Morgan fingerprint density at radius 2 is 2.16 bits per heavy atom. The highest BCUT2D eigenvalue weighted by Crippen LogP contribution is 2.35. The number of carbonyl (C=O) groups excluding carboxylic acids is 1. The van der Waals surface area contributed by atoms with Crippen molar-refractivity contribution in [2.24, 2.45) is 0 Å². The van der Waals surface area contributed by atoms with E-state index in [1.54, 1.807) is 6.92 Å². The lowest BCUT2D eigenvalue weighted by atomic mass is 9.74. The van der Waals surface area contributed by atoms with Crippen molar-refractivity contribution in [2.75, 3.05) is 0 Å². The Kier molecular flexibility index (Phi) is 4.47. The molecular weight excluding hydrogens is 351 g/mol. The zero-order valence-corrected chi connectivity index (χ0v) is 14.2. The largest absolute Gasteiger partial charge is 0.481 e. The zero-order valence-electron chi connectivity index (χ0n) is 13.4. The molecule has 1 amide bonds. The molecule has 0 saturated heterocycles. The van der Waals surface area contributed by atoms with E-state index in [1.807, 2.05) is 0 Å². The molecule has 1 aromatic carbocycles. The van der Waals surface area contributed by atoms with Gasteiger partial charge in [0.2, 0.25) is 0 Å². The van der Waals surface area contributed by atoms with E-state index >= 15 is 0 Å². The quantitative estimate of drug-likeness (QED) is 0.847. The maximum Gasteiger partial charge on any atom is 0.305 e. The summed E-state index contributed by atoms with van der Waals surface area (Å²) < 4.78 is 14.7. The highest BCUT2D eigenvalue weighted by Gasteiger charge is 2.41. The van der Waals surface area contributed by atoms with Crippen LogP contribution in [-0.4, -0.2) is 37.5 Å². The first-order valence-electron chi connectivity index (χ1n) is 7.73. The number of aromatic nitrogens is 3. The van der Waals surface area contributed by atoms with Gasteiger partial charge in [-0.2, -0.15) is 0 Å². The van der Waals surface area contributed by atoms with Gasteiger partial charge in [-0.25, -0.2) is 9.07 Å². The highest BCUT2D eigenvalue weighted by atomic mass is 35.5. The first-order chi connectivity index (χ1) is 11.8. The van der Waals surface area contributed by atoms with E-state index in [0.29, 0.717) is 24.2 Å². The second-order valence-corrected chi connectivity index (χ2v) is 6.60. The van der Waals surface area contributed by atoms with Gasteiger partial charge in [-0.3, -0.25) is 9.59 Å². The van der Waals surface area contributed by atoms with Crippen molar-refractivity contribution >= 4 is 23.5 Å². The number of rotatable bonds is 5. The number of hydrogen-bond acceptors (Lipinski definition) is 4. The molecule has 7 nitrogen and oxygen atoms in total. The number of nitrogens with zero attached hydrogens (tertiary/aromatic N) is 3. The minimum Gasteiger partial charge on any atom is -0.481 e. The lowest BCUT2D eigenvalue weighted by molar-refractivity contribution is -0.139. The van der Waals surface area contributed by atoms with Gasteiger partial charge in [0.1, 0.15) is 5.82 Å². The first-order valence-corrected chi connectivity index (χ1v) is 8.11. The van der Waals surface area contributed by atoms with Crippen LogP contribution in [0.15, 0.2) is 18.2 Å². The van der Waals surface area contributed by atoms with Gasteiger partial charge in [-0.15, -0.1) is 5.10 Å². The predicted molar refractivity (Wildman–Crippen MR) is 87.4 cm³/mol. The molecule has 1 aromatic heterocycles. The van der Waals surface area contributed by atoms with Gasteiger partial charge in [0.25, 0.3) is 5.91 Å². The lowest BCUT2D eigenvalue weighted by Gasteiger charge is -2.41. The number of benzene rings is 1. The number of hydrogen-bond donors (Lipinski definition) is 2. The van der Waals surface area contributed by atoms with Gasteiger partial charge < -0.3 is 10.4 Å². The third kappa shape index (κ3) is 3.34. The van der Waals surface area contributed by atoms with Crippen molar-refractivity contribution in [3.63, 3.8) is 0 Å². The van der Waals surface area contributed by atoms with Crippen LogP contribution in [0.5, 0.6) is 0 Å². The lowest BCUT2D eigenvalue weighted by Crippen LogP contribution is -2.54. The van der Waals surface area contributed by atoms with Crippen LogP contribution in [0.1, 0.15) is 41.9 Å². The Morgan fingerprint density at radius 1 is 1.44 bits per heavy atom. The fourth-order valence-corrected chi connectivity index (χ4v) is 3.11. The van der Waals surface area contributed by atoms with E-state index in [0.717, 1.165) is 6.42 Å². The van der Waals surface area contributed by atoms with Gasteiger partial charge in [-0.1, -0.05) is 16.8 Å². The van der Waals surface area contributed by atoms with Crippen molar-refractivity contribution in [1.82, 2.24) is 20.3 Å². The standard InChI is InChI=1S/C16H16ClFN4O3/c1-9-14(15(25)19-16(5-2-6-16)8-13(23)24)20-21-22(9)10-3-4-12(18)11(17)7-10/h3-4,7H,2,5-6,8H2,1H3,(H,19,25)(H,23,24). The zero-order chi connectivity index (χ0) is 18.2. The molecule has 2 N–H and O–H groups in total. The number of amides is 1. The molecule has 0 spiro atoms. The molecular formula is C16H16ClFN4O3. The summed E-state index contributed by atoms with van der Waals surface area (Å²) in [5.74, 6) is -1.99. The Balaban J connectivity index is 1.84. The molecule has 1 fully saturated rings. The third-order valence-corrected chi connectivity index (χ3v) is 4.73. The summed E-state index contributed by atoms with van der Waals surface area (Å²) in [6.07, 6.45) is 1.98. The normalized spacial score (nSPS) is 15.5. The average Bonchev–Trinajstić information content (AvgIpc) is 2.89. The van der Waals surface area contributed by atoms with Crippen molar-refractivity contribution < 1.29 is 19.1 Å². The first kappa shape index (κ1) is 17.3. The molecule has 9 heteroatoms. The fourth-order valence-electron chi connectivity index (χ4n) is 2.94. The van der Waals surface area contributed by atoms with Crippen molar-refractivity contribution in [3.8, 4) is 5.69 Å². The van der Waals surface area contributed by atoms with Crippen LogP contribution in [-0.2, 0) is 4.79 Å².